The highest BCUT2D eigenvalue weighted by Crippen LogP contribution is 2.15. The molecule has 3 rings (SSSR count). The van der Waals surface area contributed by atoms with E-state index >= 15 is 0 Å². The van der Waals surface area contributed by atoms with Crippen LogP contribution in [0.25, 0.3) is 16.7 Å². The molecule has 94 valence electrons. The number of benzene rings is 2. The van der Waals surface area contributed by atoms with Crippen LogP contribution in [-0.2, 0) is 0 Å². The minimum absolute atomic E-state index is 0.413. The van der Waals surface area contributed by atoms with Crippen LogP contribution in [0.4, 0.5) is 0 Å². The lowest BCUT2D eigenvalue weighted by Gasteiger charge is -1.99. The topological polar surface area (TPSA) is 34.1 Å². The summed E-state index contributed by atoms with van der Waals surface area (Å²) in [5.41, 5.74) is 2.29. The molecule has 0 radical (unpaired) electrons. The number of para-hydroxylation sites is 1. The van der Waals surface area contributed by atoms with E-state index in [9.17, 15) is 4.79 Å². The van der Waals surface area contributed by atoms with Crippen LogP contribution in [0.5, 0.6) is 0 Å². The van der Waals surface area contributed by atoms with Gasteiger partial charge in [0.05, 0.1) is 5.39 Å². The molecular weight excluding hydrogens is 262 g/mol. The number of nitrogens with zero attached hydrogens (tertiary/aromatic N) is 1. The first-order chi connectivity index (χ1) is 9.15. The number of aryl methyl sites for hydroxylation is 1. The predicted molar refractivity (Wildman–Crippen MR) is 73.8 cm³/mol. The SMILES string of the molecule is Cc1cccc2c[n+](-c3ccc(Cl)cc3)c(=O)oc12. The number of rotatable bonds is 1. The summed E-state index contributed by atoms with van der Waals surface area (Å²) >= 11 is 5.84. The minimum Gasteiger partial charge on any atom is -0.371 e. The van der Waals surface area contributed by atoms with Crippen molar-refractivity contribution in [3.05, 3.63) is 69.8 Å². The van der Waals surface area contributed by atoms with E-state index in [2.05, 4.69) is 0 Å². The molecule has 0 spiro atoms. The van der Waals surface area contributed by atoms with E-state index in [4.69, 9.17) is 16.0 Å². The maximum Gasteiger partial charge on any atom is 0.608 e. The first-order valence-electron chi connectivity index (χ1n) is 5.86. The van der Waals surface area contributed by atoms with E-state index in [-0.39, 0.29) is 0 Å². The Morgan fingerprint density at radius 1 is 1.11 bits per heavy atom. The summed E-state index contributed by atoms with van der Waals surface area (Å²) in [6, 6.07) is 12.8. The van der Waals surface area contributed by atoms with Gasteiger partial charge >= 0.3 is 5.76 Å². The van der Waals surface area contributed by atoms with Gasteiger partial charge in [-0.1, -0.05) is 28.3 Å². The van der Waals surface area contributed by atoms with E-state index < -0.39 is 5.76 Å². The summed E-state index contributed by atoms with van der Waals surface area (Å²) in [5, 5.41) is 1.51. The molecule has 3 nitrogen and oxygen atoms in total. The number of aromatic nitrogens is 1. The third-order valence-corrected chi connectivity index (χ3v) is 3.25. The molecule has 0 fully saturated rings. The van der Waals surface area contributed by atoms with Gasteiger partial charge in [-0.25, -0.2) is 0 Å². The fourth-order valence-electron chi connectivity index (χ4n) is 2.03. The Morgan fingerprint density at radius 3 is 2.58 bits per heavy atom. The zero-order valence-corrected chi connectivity index (χ0v) is 11.0. The minimum atomic E-state index is -0.413. The molecule has 0 unspecified atom stereocenters. The van der Waals surface area contributed by atoms with Gasteiger partial charge in [0.1, 0.15) is 0 Å². The van der Waals surface area contributed by atoms with E-state index in [0.717, 1.165) is 16.6 Å². The van der Waals surface area contributed by atoms with Crippen LogP contribution in [-0.4, -0.2) is 0 Å². The zero-order valence-electron chi connectivity index (χ0n) is 10.3. The normalized spacial score (nSPS) is 10.8. The largest absolute Gasteiger partial charge is 0.608 e. The molecule has 4 heteroatoms. The number of hydrogen-bond acceptors (Lipinski definition) is 2. The van der Waals surface area contributed by atoms with Gasteiger partial charge in [-0.05, 0) is 30.7 Å². The van der Waals surface area contributed by atoms with Crippen molar-refractivity contribution in [1.29, 1.82) is 0 Å². The number of hydrogen-bond donors (Lipinski definition) is 0. The molecule has 19 heavy (non-hydrogen) atoms. The lowest BCUT2D eigenvalue weighted by molar-refractivity contribution is -0.623. The fourth-order valence-corrected chi connectivity index (χ4v) is 2.15. The van der Waals surface area contributed by atoms with Crippen LogP contribution < -0.4 is 10.3 Å². The van der Waals surface area contributed by atoms with Crippen LogP contribution in [0.1, 0.15) is 5.56 Å². The van der Waals surface area contributed by atoms with Crippen molar-refractivity contribution in [3.63, 3.8) is 0 Å². The Bertz CT molecular complexity index is 806. The van der Waals surface area contributed by atoms with Crippen molar-refractivity contribution in [2.24, 2.45) is 0 Å². The molecule has 0 amide bonds. The Hall–Kier alpha value is -2.13. The third-order valence-electron chi connectivity index (χ3n) is 3.00. The van der Waals surface area contributed by atoms with Gasteiger partial charge in [0.2, 0.25) is 5.69 Å². The van der Waals surface area contributed by atoms with Gasteiger partial charge < -0.3 is 4.42 Å². The number of fused-ring (bicyclic) bond motifs is 1. The van der Waals surface area contributed by atoms with Gasteiger partial charge in [0.15, 0.2) is 11.8 Å². The van der Waals surface area contributed by atoms with E-state index in [1.165, 1.54) is 4.57 Å². The standard InChI is InChI=1S/C15H11ClNO2/c1-10-3-2-4-11-9-17(15(18)19-14(10)11)13-7-5-12(16)6-8-13/h2-9H,1H3/q+1. The van der Waals surface area contributed by atoms with Gasteiger partial charge in [0, 0.05) is 17.2 Å². The molecule has 0 N–H and O–H groups in total. The third kappa shape index (κ3) is 2.13. The highest BCUT2D eigenvalue weighted by atomic mass is 35.5. The van der Waals surface area contributed by atoms with E-state index in [0.29, 0.717) is 10.6 Å². The molecule has 0 saturated heterocycles. The molecule has 0 bridgehead atoms. The van der Waals surface area contributed by atoms with Crippen molar-refractivity contribution >= 4 is 22.6 Å². The van der Waals surface area contributed by atoms with Crippen LogP contribution >= 0.6 is 11.6 Å². The summed E-state index contributed by atoms with van der Waals surface area (Å²) in [6.07, 6.45) is 1.78. The van der Waals surface area contributed by atoms with Crippen molar-refractivity contribution in [2.75, 3.05) is 0 Å². The first kappa shape index (κ1) is 11.9. The fraction of sp³-hybridized carbons (Fsp3) is 0.0667. The van der Waals surface area contributed by atoms with Crippen LogP contribution in [0.15, 0.2) is 57.9 Å². The molecule has 0 atom stereocenters. The van der Waals surface area contributed by atoms with Crippen LogP contribution in [0.3, 0.4) is 0 Å². The molecule has 0 aliphatic heterocycles. The Balaban J connectivity index is 2.28. The monoisotopic (exact) mass is 272 g/mol. The Labute approximate surface area is 114 Å². The first-order valence-corrected chi connectivity index (χ1v) is 6.24. The smallest absolute Gasteiger partial charge is 0.371 e. The van der Waals surface area contributed by atoms with E-state index in [1.54, 1.807) is 30.5 Å². The summed E-state index contributed by atoms with van der Waals surface area (Å²) in [7, 11) is 0. The number of halogens is 1. The van der Waals surface area contributed by atoms with Crippen molar-refractivity contribution < 1.29 is 8.98 Å². The average molecular weight is 273 g/mol. The van der Waals surface area contributed by atoms with Gasteiger partial charge in [-0.15, -0.1) is 0 Å². The zero-order chi connectivity index (χ0) is 13.4. The molecule has 1 heterocycles. The van der Waals surface area contributed by atoms with Crippen molar-refractivity contribution in [3.8, 4) is 5.69 Å². The summed E-state index contributed by atoms with van der Waals surface area (Å²) in [5.74, 6) is -0.413. The quantitative estimate of drug-likeness (QED) is 0.638. The maximum absolute atomic E-state index is 12.0. The predicted octanol–water partition coefficient (Wildman–Crippen LogP) is 3.03. The summed E-state index contributed by atoms with van der Waals surface area (Å²) in [4.78, 5) is 12.0. The average Bonchev–Trinajstić information content (AvgIpc) is 2.40. The second kappa shape index (κ2) is 4.52. The highest BCUT2D eigenvalue weighted by molar-refractivity contribution is 6.30. The van der Waals surface area contributed by atoms with Crippen molar-refractivity contribution in [1.82, 2.24) is 0 Å². The second-order valence-corrected chi connectivity index (χ2v) is 4.77. The van der Waals surface area contributed by atoms with Gasteiger partial charge in [-0.2, -0.15) is 4.79 Å². The molecule has 3 aromatic rings. The van der Waals surface area contributed by atoms with E-state index in [1.807, 2.05) is 25.1 Å². The van der Waals surface area contributed by atoms with Crippen LogP contribution in [0, 0.1) is 6.92 Å². The Morgan fingerprint density at radius 2 is 1.84 bits per heavy atom. The van der Waals surface area contributed by atoms with Crippen LogP contribution in [0.2, 0.25) is 5.02 Å². The van der Waals surface area contributed by atoms with Crippen molar-refractivity contribution in [2.45, 2.75) is 6.92 Å². The lowest BCUT2D eigenvalue weighted by Crippen LogP contribution is -2.46. The second-order valence-electron chi connectivity index (χ2n) is 4.34. The summed E-state index contributed by atoms with van der Waals surface area (Å²) in [6.45, 7) is 1.91. The highest BCUT2D eigenvalue weighted by Gasteiger charge is 2.16. The molecule has 0 saturated carbocycles. The summed E-state index contributed by atoms with van der Waals surface area (Å²) < 4.78 is 6.85. The molecule has 1 aromatic heterocycles. The van der Waals surface area contributed by atoms with Gasteiger partial charge in [0.25, 0.3) is 0 Å². The molecular formula is C15H11ClNO2+. The molecule has 2 aromatic carbocycles. The molecule has 0 aliphatic carbocycles. The molecule has 0 aliphatic rings. The maximum atomic E-state index is 12.0. The van der Waals surface area contributed by atoms with Gasteiger partial charge in [-0.3, -0.25) is 0 Å². The lowest BCUT2D eigenvalue weighted by atomic mass is 10.2. The Kier molecular flexibility index (Phi) is 2.84.